The Morgan fingerprint density at radius 1 is 1.13 bits per heavy atom. The van der Waals surface area contributed by atoms with E-state index in [0.29, 0.717) is 22.4 Å². The van der Waals surface area contributed by atoms with Crippen LogP contribution in [0, 0.1) is 0 Å². The molecule has 2 aromatic carbocycles. The average Bonchev–Trinajstić information content (AvgIpc) is 3.03. The highest BCUT2D eigenvalue weighted by atomic mass is 35.5. The molecule has 0 unspecified atom stereocenters. The molecule has 0 aliphatic carbocycles. The van der Waals surface area contributed by atoms with E-state index in [1.807, 2.05) is 30.3 Å². The molecule has 23 heavy (non-hydrogen) atoms. The van der Waals surface area contributed by atoms with Gasteiger partial charge in [0.05, 0.1) is 6.54 Å². The van der Waals surface area contributed by atoms with Crippen molar-refractivity contribution in [3.05, 3.63) is 71.1 Å². The quantitative estimate of drug-likeness (QED) is 0.733. The van der Waals surface area contributed by atoms with Crippen molar-refractivity contribution in [3.8, 4) is 11.5 Å². The molecule has 0 N–H and O–H groups in total. The number of nitrogens with zero attached hydrogens (tertiary/aromatic N) is 3. The van der Waals surface area contributed by atoms with E-state index in [-0.39, 0.29) is 12.5 Å². The Morgan fingerprint density at radius 2 is 1.91 bits per heavy atom. The van der Waals surface area contributed by atoms with Crippen molar-refractivity contribution < 1.29 is 9.21 Å². The number of hydrogen-bond donors (Lipinski definition) is 0. The van der Waals surface area contributed by atoms with Crippen LogP contribution in [-0.2, 0) is 6.54 Å². The summed E-state index contributed by atoms with van der Waals surface area (Å²) >= 11 is 5.91. The summed E-state index contributed by atoms with van der Waals surface area (Å²) in [4.78, 5) is 13.9. The van der Waals surface area contributed by atoms with Crippen LogP contribution in [-0.4, -0.2) is 28.1 Å². The SMILES string of the molecule is CN(Cc1nnc(-c2ccccc2)o1)C(=O)c1cccc(Cl)c1. The van der Waals surface area contributed by atoms with Crippen LogP contribution in [0.25, 0.3) is 11.5 Å². The van der Waals surface area contributed by atoms with E-state index in [2.05, 4.69) is 10.2 Å². The molecule has 0 bridgehead atoms. The standard InChI is InChI=1S/C17H14ClN3O2/c1-21(17(22)13-8-5-9-14(18)10-13)11-15-19-20-16(23-15)12-6-3-2-4-7-12/h2-10H,11H2,1H3. The molecule has 0 atom stereocenters. The smallest absolute Gasteiger partial charge is 0.254 e. The second kappa shape index (κ2) is 6.62. The van der Waals surface area contributed by atoms with Crippen LogP contribution in [0.5, 0.6) is 0 Å². The van der Waals surface area contributed by atoms with Crippen LogP contribution in [0.3, 0.4) is 0 Å². The Labute approximate surface area is 138 Å². The molecule has 0 saturated carbocycles. The van der Waals surface area contributed by atoms with Crippen molar-refractivity contribution in [2.45, 2.75) is 6.54 Å². The molecule has 0 radical (unpaired) electrons. The van der Waals surface area contributed by atoms with Crippen LogP contribution in [0.15, 0.2) is 59.0 Å². The van der Waals surface area contributed by atoms with Gasteiger partial charge in [0, 0.05) is 23.2 Å². The third kappa shape index (κ3) is 3.57. The number of benzene rings is 2. The third-order valence-corrected chi connectivity index (χ3v) is 3.51. The predicted molar refractivity (Wildman–Crippen MR) is 87.0 cm³/mol. The molecular formula is C17H14ClN3O2. The largest absolute Gasteiger partial charge is 0.419 e. The second-order valence-corrected chi connectivity index (χ2v) is 5.47. The molecular weight excluding hydrogens is 314 g/mol. The van der Waals surface area contributed by atoms with Crippen molar-refractivity contribution in [1.29, 1.82) is 0 Å². The normalized spacial score (nSPS) is 10.5. The Hall–Kier alpha value is -2.66. The first kappa shape index (κ1) is 15.2. The Bertz CT molecular complexity index is 817. The van der Waals surface area contributed by atoms with Crippen molar-refractivity contribution in [3.63, 3.8) is 0 Å². The summed E-state index contributed by atoms with van der Waals surface area (Å²) in [5.41, 5.74) is 1.36. The molecule has 5 nitrogen and oxygen atoms in total. The summed E-state index contributed by atoms with van der Waals surface area (Å²) in [6.07, 6.45) is 0. The zero-order valence-electron chi connectivity index (χ0n) is 12.4. The van der Waals surface area contributed by atoms with Crippen molar-refractivity contribution in [2.75, 3.05) is 7.05 Å². The van der Waals surface area contributed by atoms with Crippen LogP contribution < -0.4 is 0 Å². The van der Waals surface area contributed by atoms with Crippen LogP contribution >= 0.6 is 11.6 Å². The highest BCUT2D eigenvalue weighted by Crippen LogP contribution is 2.18. The minimum atomic E-state index is -0.160. The summed E-state index contributed by atoms with van der Waals surface area (Å²) in [5, 5.41) is 8.52. The first-order valence-electron chi connectivity index (χ1n) is 7.02. The van der Waals surface area contributed by atoms with Gasteiger partial charge in [-0.25, -0.2) is 0 Å². The number of halogens is 1. The van der Waals surface area contributed by atoms with Gasteiger partial charge in [-0.1, -0.05) is 35.9 Å². The summed E-state index contributed by atoms with van der Waals surface area (Å²) in [7, 11) is 1.68. The van der Waals surface area contributed by atoms with Crippen LogP contribution in [0.2, 0.25) is 5.02 Å². The number of amides is 1. The first-order valence-corrected chi connectivity index (χ1v) is 7.40. The second-order valence-electron chi connectivity index (χ2n) is 5.04. The summed E-state index contributed by atoms with van der Waals surface area (Å²) in [6, 6.07) is 16.3. The van der Waals surface area contributed by atoms with E-state index in [9.17, 15) is 4.79 Å². The van der Waals surface area contributed by atoms with Gasteiger partial charge in [-0.05, 0) is 30.3 Å². The lowest BCUT2D eigenvalue weighted by atomic mass is 10.2. The van der Waals surface area contributed by atoms with Gasteiger partial charge in [-0.2, -0.15) is 0 Å². The average molecular weight is 328 g/mol. The lowest BCUT2D eigenvalue weighted by Crippen LogP contribution is -2.26. The molecule has 0 fully saturated rings. The van der Waals surface area contributed by atoms with Crippen LogP contribution in [0.4, 0.5) is 0 Å². The first-order chi connectivity index (χ1) is 11.1. The molecule has 0 spiro atoms. The minimum Gasteiger partial charge on any atom is -0.419 e. The number of carbonyl (C=O) groups excluding carboxylic acids is 1. The van der Waals surface area contributed by atoms with Crippen molar-refractivity contribution >= 4 is 17.5 Å². The number of hydrogen-bond acceptors (Lipinski definition) is 4. The monoisotopic (exact) mass is 327 g/mol. The van der Waals surface area contributed by atoms with E-state index in [0.717, 1.165) is 5.56 Å². The van der Waals surface area contributed by atoms with Crippen molar-refractivity contribution in [2.24, 2.45) is 0 Å². The molecule has 1 amide bonds. The van der Waals surface area contributed by atoms with Gasteiger partial charge in [-0.3, -0.25) is 4.79 Å². The van der Waals surface area contributed by atoms with Gasteiger partial charge >= 0.3 is 0 Å². The lowest BCUT2D eigenvalue weighted by Gasteiger charge is -2.14. The van der Waals surface area contributed by atoms with E-state index >= 15 is 0 Å². The van der Waals surface area contributed by atoms with E-state index in [4.69, 9.17) is 16.0 Å². The maximum Gasteiger partial charge on any atom is 0.254 e. The Balaban J connectivity index is 1.72. The highest BCUT2D eigenvalue weighted by Gasteiger charge is 2.16. The summed E-state index contributed by atoms with van der Waals surface area (Å²) in [5.74, 6) is 0.651. The van der Waals surface area contributed by atoms with E-state index in [1.54, 1.807) is 31.3 Å². The lowest BCUT2D eigenvalue weighted by molar-refractivity contribution is 0.0773. The maximum atomic E-state index is 12.4. The van der Waals surface area contributed by atoms with Gasteiger partial charge in [0.1, 0.15) is 0 Å². The summed E-state index contributed by atoms with van der Waals surface area (Å²) in [6.45, 7) is 0.227. The molecule has 6 heteroatoms. The molecule has 3 aromatic rings. The van der Waals surface area contributed by atoms with Gasteiger partial charge in [0.15, 0.2) is 0 Å². The molecule has 0 aliphatic rings. The predicted octanol–water partition coefficient (Wildman–Crippen LogP) is 3.66. The molecule has 0 saturated heterocycles. The number of carbonyl (C=O) groups is 1. The molecule has 1 aromatic heterocycles. The fourth-order valence-corrected chi connectivity index (χ4v) is 2.32. The van der Waals surface area contributed by atoms with E-state index < -0.39 is 0 Å². The van der Waals surface area contributed by atoms with Crippen molar-refractivity contribution in [1.82, 2.24) is 15.1 Å². The number of rotatable bonds is 4. The number of aromatic nitrogens is 2. The van der Waals surface area contributed by atoms with Crippen LogP contribution in [0.1, 0.15) is 16.2 Å². The highest BCUT2D eigenvalue weighted by molar-refractivity contribution is 6.30. The van der Waals surface area contributed by atoms with Gasteiger partial charge in [0.25, 0.3) is 5.91 Å². The van der Waals surface area contributed by atoms with Gasteiger partial charge in [-0.15, -0.1) is 10.2 Å². The fraction of sp³-hybridized carbons (Fsp3) is 0.118. The summed E-state index contributed by atoms with van der Waals surface area (Å²) < 4.78 is 5.61. The van der Waals surface area contributed by atoms with E-state index in [1.165, 1.54) is 4.90 Å². The minimum absolute atomic E-state index is 0.160. The molecule has 1 heterocycles. The van der Waals surface area contributed by atoms with Gasteiger partial charge < -0.3 is 9.32 Å². The molecule has 0 aliphatic heterocycles. The molecule has 116 valence electrons. The Kier molecular flexibility index (Phi) is 4.39. The third-order valence-electron chi connectivity index (χ3n) is 3.28. The zero-order valence-corrected chi connectivity index (χ0v) is 13.2. The van der Waals surface area contributed by atoms with Gasteiger partial charge in [0.2, 0.25) is 11.8 Å². The maximum absolute atomic E-state index is 12.4. The fourth-order valence-electron chi connectivity index (χ4n) is 2.13. The zero-order chi connectivity index (χ0) is 16.2. The Morgan fingerprint density at radius 3 is 2.65 bits per heavy atom. The topological polar surface area (TPSA) is 59.2 Å². The molecule has 3 rings (SSSR count).